The fourth-order valence-electron chi connectivity index (χ4n) is 8.64. The topological polar surface area (TPSA) is 126 Å². The first-order valence-electron chi connectivity index (χ1n) is 20.8. The van der Waals surface area contributed by atoms with Crippen LogP contribution >= 0.6 is 0 Å². The highest BCUT2D eigenvalue weighted by Crippen LogP contribution is 2.32. The van der Waals surface area contributed by atoms with Crippen LogP contribution in [0.1, 0.15) is 107 Å². The van der Waals surface area contributed by atoms with Crippen LogP contribution in [0.2, 0.25) is 0 Å². The molecular weight excluding hydrogens is 709 g/mol. The van der Waals surface area contributed by atoms with Crippen molar-refractivity contribution in [2.75, 3.05) is 41.9 Å². The van der Waals surface area contributed by atoms with Gasteiger partial charge < -0.3 is 24.6 Å². The zero-order valence-corrected chi connectivity index (χ0v) is 37.4. The molecule has 9 atom stereocenters. The zero-order valence-electron chi connectivity index (χ0n) is 37.4. The molecule has 0 spiro atoms. The lowest BCUT2D eigenvalue weighted by Gasteiger charge is -2.41. The minimum Gasteiger partial charge on any atom is -0.379 e. The molecule has 0 aliphatic carbocycles. The number of hydrogen-bond donors (Lipinski definition) is 1. The largest absolute Gasteiger partial charge is 0.379 e. The van der Waals surface area contributed by atoms with Crippen molar-refractivity contribution in [3.05, 3.63) is 35.9 Å². The van der Waals surface area contributed by atoms with E-state index in [4.69, 9.17) is 9.47 Å². The molecule has 318 valence electrons. The van der Waals surface area contributed by atoms with Crippen molar-refractivity contribution in [2.24, 2.45) is 35.0 Å². The van der Waals surface area contributed by atoms with Crippen molar-refractivity contribution in [3.63, 3.8) is 0 Å². The Morgan fingerprint density at radius 2 is 1.50 bits per heavy atom. The van der Waals surface area contributed by atoms with E-state index in [9.17, 15) is 24.0 Å². The number of ether oxygens (including phenoxy) is 2. The number of likely N-dealkylation sites (tertiary alicyclic amines) is 1. The maximum atomic E-state index is 14.3. The van der Waals surface area contributed by atoms with Crippen LogP contribution in [0.15, 0.2) is 30.3 Å². The highest BCUT2D eigenvalue weighted by atomic mass is 16.5. The van der Waals surface area contributed by atoms with Gasteiger partial charge in [-0.1, -0.05) is 106 Å². The van der Waals surface area contributed by atoms with E-state index in [0.717, 1.165) is 18.4 Å². The van der Waals surface area contributed by atoms with Crippen molar-refractivity contribution in [3.8, 4) is 0 Å². The Hall–Kier alpha value is -3.15. The number of carbonyl (C=O) groups is 5. The molecule has 1 aliphatic rings. The van der Waals surface area contributed by atoms with Gasteiger partial charge in [0.2, 0.25) is 17.7 Å². The van der Waals surface area contributed by atoms with Crippen LogP contribution in [-0.4, -0.2) is 122 Å². The molecule has 3 amide bonds. The molecule has 0 saturated carbocycles. The molecule has 2 rings (SSSR count). The Bertz CT molecular complexity index is 1420. The van der Waals surface area contributed by atoms with Gasteiger partial charge in [-0.25, -0.2) is 0 Å². The summed E-state index contributed by atoms with van der Waals surface area (Å²) in [4.78, 5) is 75.0. The lowest BCUT2D eigenvalue weighted by Crippen LogP contribution is -2.59. The van der Waals surface area contributed by atoms with Gasteiger partial charge in [0.15, 0.2) is 0 Å². The van der Waals surface area contributed by atoms with Crippen molar-refractivity contribution >= 4 is 29.3 Å². The smallest absolute Gasteiger partial charge is 0.245 e. The summed E-state index contributed by atoms with van der Waals surface area (Å²) in [5.74, 6) is -1.73. The molecule has 11 nitrogen and oxygen atoms in total. The number of carbonyl (C=O) groups excluding carboxylic acids is 5. The van der Waals surface area contributed by atoms with E-state index in [1.807, 2.05) is 117 Å². The van der Waals surface area contributed by atoms with Gasteiger partial charge in [0.05, 0.1) is 36.8 Å². The summed E-state index contributed by atoms with van der Waals surface area (Å²) in [6, 6.07) is 7.85. The normalized spacial score (nSPS) is 19.2. The van der Waals surface area contributed by atoms with Crippen molar-refractivity contribution in [2.45, 2.75) is 144 Å². The summed E-state index contributed by atoms with van der Waals surface area (Å²) >= 11 is 0. The van der Waals surface area contributed by atoms with Gasteiger partial charge in [0.25, 0.3) is 0 Å². The molecule has 0 radical (unpaired) electrons. The van der Waals surface area contributed by atoms with Crippen molar-refractivity contribution in [1.82, 2.24) is 20.0 Å². The number of amides is 3. The molecule has 1 saturated heterocycles. The molecule has 0 aromatic heterocycles. The van der Waals surface area contributed by atoms with E-state index in [1.54, 1.807) is 26.2 Å². The SMILES string of the molecule is CC[C@H](C)[C@@H]([C@@H](CC(=O)N1CCC[C@H]1[C@H](OC)[C@@H](C)C(=O)C[C@@H](Cc1ccccc1)C(=O)C(C)(C)C)OC)N(C)C(=O)[C@@H](NC(=O)[C@H](C(C)C)N(C)C)C(C)C. The first kappa shape index (κ1) is 49.0. The van der Waals surface area contributed by atoms with Crippen LogP contribution in [0.3, 0.4) is 0 Å². The average Bonchev–Trinajstić information content (AvgIpc) is 3.62. The van der Waals surface area contributed by atoms with Crippen molar-refractivity contribution in [1.29, 1.82) is 0 Å². The van der Waals surface area contributed by atoms with Crippen LogP contribution in [0.5, 0.6) is 0 Å². The van der Waals surface area contributed by atoms with Gasteiger partial charge in [-0.3, -0.25) is 28.9 Å². The van der Waals surface area contributed by atoms with Gasteiger partial charge in [-0.05, 0) is 56.7 Å². The number of ketones is 2. The molecule has 1 N–H and O–H groups in total. The number of likely N-dealkylation sites (N-methyl/N-ethyl adjacent to an activating group) is 2. The second kappa shape index (κ2) is 22.1. The standard InChI is InChI=1S/C45H76N4O7/c1-16-30(6)40(48(13)44(54)38(28(2)3)46-43(53)39(29(4)5)47(11)12)36(55-14)27-37(51)49-24-20-23-34(49)41(56-15)31(7)35(50)26-33(42(52)45(8,9)10)25-32-21-18-17-19-22-32/h17-19,21-22,28-31,33-34,36,38-41H,16,20,23-27H2,1-15H3,(H,46,53)/t30-,31-,33+,34-,36+,38-,39-,40-,41+/m0/s1. The van der Waals surface area contributed by atoms with Crippen LogP contribution in [0.25, 0.3) is 0 Å². The minimum atomic E-state index is -0.760. The molecular formula is C45H76N4O7. The number of nitrogens with one attached hydrogen (secondary N) is 1. The van der Waals surface area contributed by atoms with Gasteiger partial charge in [0, 0.05) is 51.5 Å². The van der Waals surface area contributed by atoms with E-state index >= 15 is 0 Å². The summed E-state index contributed by atoms with van der Waals surface area (Å²) < 4.78 is 12.1. The molecule has 1 heterocycles. The third-order valence-corrected chi connectivity index (χ3v) is 11.9. The predicted molar refractivity (Wildman–Crippen MR) is 223 cm³/mol. The van der Waals surface area contributed by atoms with Gasteiger partial charge in [-0.2, -0.15) is 0 Å². The van der Waals surface area contributed by atoms with E-state index in [1.165, 1.54) is 0 Å². The first-order valence-corrected chi connectivity index (χ1v) is 20.8. The molecule has 11 heteroatoms. The van der Waals surface area contributed by atoms with Gasteiger partial charge >= 0.3 is 0 Å². The lowest BCUT2D eigenvalue weighted by molar-refractivity contribution is -0.148. The Kier molecular flexibility index (Phi) is 19.4. The maximum Gasteiger partial charge on any atom is 0.245 e. The molecule has 0 unspecified atom stereocenters. The Labute approximate surface area is 339 Å². The predicted octanol–water partition coefficient (Wildman–Crippen LogP) is 6.07. The number of nitrogens with zero attached hydrogens (tertiary/aromatic N) is 3. The van der Waals surface area contributed by atoms with E-state index in [0.29, 0.717) is 19.4 Å². The molecule has 56 heavy (non-hydrogen) atoms. The molecule has 1 aromatic rings. The van der Waals surface area contributed by atoms with E-state index < -0.39 is 47.6 Å². The number of benzene rings is 1. The van der Waals surface area contributed by atoms with Gasteiger partial charge in [-0.15, -0.1) is 0 Å². The second-order valence-corrected chi connectivity index (χ2v) is 18.1. The monoisotopic (exact) mass is 785 g/mol. The van der Waals surface area contributed by atoms with E-state index in [2.05, 4.69) is 12.2 Å². The minimum absolute atomic E-state index is 0.0196. The number of rotatable bonds is 22. The number of methoxy groups -OCH3 is 2. The third-order valence-electron chi connectivity index (χ3n) is 11.9. The van der Waals surface area contributed by atoms with Crippen molar-refractivity contribution < 1.29 is 33.4 Å². The lowest BCUT2D eigenvalue weighted by atomic mass is 9.76. The second-order valence-electron chi connectivity index (χ2n) is 18.1. The Morgan fingerprint density at radius 3 is 1.98 bits per heavy atom. The summed E-state index contributed by atoms with van der Waals surface area (Å²) in [5, 5.41) is 3.05. The first-order chi connectivity index (χ1) is 26.1. The average molecular weight is 785 g/mol. The summed E-state index contributed by atoms with van der Waals surface area (Å²) in [5.41, 5.74) is 0.407. The Balaban J connectivity index is 2.32. The fraction of sp³-hybridized carbons (Fsp3) is 0.756. The van der Waals surface area contributed by atoms with Crippen LogP contribution < -0.4 is 5.32 Å². The maximum absolute atomic E-state index is 14.3. The zero-order chi connectivity index (χ0) is 42.7. The third kappa shape index (κ3) is 12.9. The molecule has 0 bridgehead atoms. The fourth-order valence-corrected chi connectivity index (χ4v) is 8.64. The van der Waals surface area contributed by atoms with E-state index in [-0.39, 0.29) is 65.9 Å². The summed E-state index contributed by atoms with van der Waals surface area (Å²) in [6.07, 6.45) is 1.62. The molecule has 1 aliphatic heterocycles. The Morgan fingerprint density at radius 1 is 0.893 bits per heavy atom. The van der Waals surface area contributed by atoms with Gasteiger partial charge in [0.1, 0.15) is 17.6 Å². The summed E-state index contributed by atoms with van der Waals surface area (Å²) in [7, 11) is 8.62. The highest BCUT2D eigenvalue weighted by Gasteiger charge is 2.44. The number of hydrogen-bond acceptors (Lipinski definition) is 8. The highest BCUT2D eigenvalue weighted by molar-refractivity contribution is 5.92. The number of Topliss-reactive ketones (excluding diaryl/α,β-unsaturated/α-hetero) is 2. The molecule has 1 fully saturated rings. The quantitative estimate of drug-likeness (QED) is 0.150. The van der Waals surface area contributed by atoms with Crippen LogP contribution in [0, 0.1) is 35.0 Å². The van der Waals surface area contributed by atoms with Crippen LogP contribution in [-0.2, 0) is 39.9 Å². The summed E-state index contributed by atoms with van der Waals surface area (Å²) in [6.45, 7) is 20.0. The molecule has 1 aromatic carbocycles. The van der Waals surface area contributed by atoms with Crippen LogP contribution in [0.4, 0.5) is 0 Å².